The summed E-state index contributed by atoms with van der Waals surface area (Å²) in [4.78, 5) is 0. The van der Waals surface area contributed by atoms with Gasteiger partial charge >= 0.3 is 8.80 Å². The molecule has 0 amide bonds. The summed E-state index contributed by atoms with van der Waals surface area (Å²) in [6.45, 7) is 13.4. The summed E-state index contributed by atoms with van der Waals surface area (Å²) in [6, 6.07) is 0. The zero-order chi connectivity index (χ0) is 15.6. The molecule has 1 aliphatic rings. The van der Waals surface area contributed by atoms with Crippen molar-refractivity contribution in [1.82, 2.24) is 0 Å². The molecule has 4 heteroatoms. The van der Waals surface area contributed by atoms with Crippen molar-refractivity contribution in [2.24, 2.45) is 17.8 Å². The van der Waals surface area contributed by atoms with E-state index in [0.29, 0.717) is 11.8 Å². The van der Waals surface area contributed by atoms with E-state index in [9.17, 15) is 0 Å². The van der Waals surface area contributed by atoms with Crippen LogP contribution in [0.25, 0.3) is 0 Å². The van der Waals surface area contributed by atoms with Crippen LogP contribution in [0.4, 0.5) is 0 Å². The van der Waals surface area contributed by atoms with Crippen LogP contribution in [-0.4, -0.2) is 29.1 Å². The highest BCUT2D eigenvalue weighted by Crippen LogP contribution is 2.43. The summed E-state index contributed by atoms with van der Waals surface area (Å²) in [5, 5.41) is -0.0985. The van der Waals surface area contributed by atoms with Gasteiger partial charge in [-0.1, -0.05) is 48.0 Å². The molecule has 3 atom stereocenters. The molecule has 1 fully saturated rings. The largest absolute Gasteiger partial charge is 0.506 e. The quantitative estimate of drug-likeness (QED) is 0.700. The maximum atomic E-state index is 6.58. The molecule has 1 aliphatic carbocycles. The van der Waals surface area contributed by atoms with Crippen LogP contribution in [0.2, 0.25) is 5.04 Å². The average molecular weight is 303 g/mol. The van der Waals surface area contributed by atoms with Gasteiger partial charge < -0.3 is 13.3 Å². The highest BCUT2D eigenvalue weighted by Gasteiger charge is 2.54. The van der Waals surface area contributed by atoms with E-state index in [1.165, 1.54) is 12.8 Å². The lowest BCUT2D eigenvalue weighted by molar-refractivity contribution is -0.0265. The fourth-order valence-corrected chi connectivity index (χ4v) is 6.03. The van der Waals surface area contributed by atoms with Gasteiger partial charge in [-0.05, 0) is 30.6 Å². The first-order valence-electron chi connectivity index (χ1n) is 7.95. The maximum absolute atomic E-state index is 6.58. The zero-order valence-electron chi connectivity index (χ0n) is 14.7. The van der Waals surface area contributed by atoms with Crippen LogP contribution in [0.15, 0.2) is 0 Å². The van der Waals surface area contributed by atoms with Crippen molar-refractivity contribution >= 4 is 8.80 Å². The van der Waals surface area contributed by atoms with Crippen LogP contribution in [-0.2, 0) is 13.3 Å². The minimum atomic E-state index is -2.65. The molecule has 0 saturated heterocycles. The Morgan fingerprint density at radius 2 is 1.60 bits per heavy atom. The zero-order valence-corrected chi connectivity index (χ0v) is 15.7. The van der Waals surface area contributed by atoms with E-state index in [1.54, 1.807) is 14.2 Å². The predicted molar refractivity (Wildman–Crippen MR) is 85.7 cm³/mol. The van der Waals surface area contributed by atoms with E-state index in [1.807, 2.05) is 0 Å². The number of rotatable bonds is 5. The Morgan fingerprint density at radius 3 is 2.00 bits per heavy atom. The van der Waals surface area contributed by atoms with E-state index in [2.05, 4.69) is 41.5 Å². The smallest absolute Gasteiger partial charge is 0.377 e. The Kier molecular flexibility index (Phi) is 6.26. The lowest BCUT2D eigenvalue weighted by Gasteiger charge is -2.45. The van der Waals surface area contributed by atoms with E-state index in [4.69, 9.17) is 13.3 Å². The molecule has 0 spiro atoms. The van der Waals surface area contributed by atoms with Gasteiger partial charge in [0.25, 0.3) is 0 Å². The molecule has 0 heterocycles. The molecule has 3 unspecified atom stereocenters. The summed E-state index contributed by atoms with van der Waals surface area (Å²) in [5.41, 5.74) is 0. The van der Waals surface area contributed by atoms with Gasteiger partial charge in [0.15, 0.2) is 0 Å². The van der Waals surface area contributed by atoms with Crippen LogP contribution in [0.3, 0.4) is 0 Å². The Labute approximate surface area is 126 Å². The molecule has 1 rings (SSSR count). The minimum Gasteiger partial charge on any atom is -0.377 e. The number of hydrogen-bond acceptors (Lipinski definition) is 3. The van der Waals surface area contributed by atoms with Gasteiger partial charge in [-0.3, -0.25) is 0 Å². The number of hydrogen-bond donors (Lipinski definition) is 0. The van der Waals surface area contributed by atoms with Gasteiger partial charge in [0.1, 0.15) is 0 Å². The molecule has 0 radical (unpaired) electrons. The highest BCUT2D eigenvalue weighted by molar-refractivity contribution is 6.64. The van der Waals surface area contributed by atoms with E-state index < -0.39 is 8.80 Å². The second-order valence-corrected chi connectivity index (χ2v) is 11.4. The van der Waals surface area contributed by atoms with E-state index in [-0.39, 0.29) is 11.1 Å². The Bertz CT molecular complexity index is 295. The normalized spacial score (nSPS) is 28.9. The van der Waals surface area contributed by atoms with Gasteiger partial charge in [0.2, 0.25) is 0 Å². The monoisotopic (exact) mass is 302 g/mol. The van der Waals surface area contributed by atoms with E-state index in [0.717, 1.165) is 12.3 Å². The predicted octanol–water partition coefficient (Wildman–Crippen LogP) is 4.50. The molecule has 0 N–H and O–H groups in total. The topological polar surface area (TPSA) is 27.7 Å². The summed E-state index contributed by atoms with van der Waals surface area (Å²) < 4.78 is 18.2. The second-order valence-electron chi connectivity index (χ2n) is 7.70. The van der Waals surface area contributed by atoms with Gasteiger partial charge in [-0.2, -0.15) is 0 Å². The molecule has 3 nitrogen and oxygen atoms in total. The third kappa shape index (κ3) is 3.84. The first-order chi connectivity index (χ1) is 9.16. The summed E-state index contributed by atoms with van der Waals surface area (Å²) in [7, 11) is 0.818. The van der Waals surface area contributed by atoms with E-state index >= 15 is 0 Å². The van der Waals surface area contributed by atoms with Crippen molar-refractivity contribution in [1.29, 1.82) is 0 Å². The summed E-state index contributed by atoms with van der Waals surface area (Å²) in [5.74, 6) is 1.99. The SMILES string of the molecule is CO[Si](OC)(OC1CC(C)CCC1C(C)C)C(C)(C)C. The van der Waals surface area contributed by atoms with Crippen LogP contribution in [0, 0.1) is 17.8 Å². The molecule has 0 aromatic rings. The molecular weight excluding hydrogens is 268 g/mol. The van der Waals surface area contributed by atoms with Crippen LogP contribution in [0.5, 0.6) is 0 Å². The van der Waals surface area contributed by atoms with Crippen molar-refractivity contribution < 1.29 is 13.3 Å². The molecule has 1 saturated carbocycles. The van der Waals surface area contributed by atoms with Crippen LogP contribution in [0.1, 0.15) is 60.8 Å². The highest BCUT2D eigenvalue weighted by atomic mass is 28.4. The van der Waals surface area contributed by atoms with Crippen molar-refractivity contribution in [2.75, 3.05) is 14.2 Å². The molecule has 120 valence electrons. The van der Waals surface area contributed by atoms with Gasteiger partial charge in [-0.25, -0.2) is 0 Å². The Morgan fingerprint density at radius 1 is 1.05 bits per heavy atom. The average Bonchev–Trinajstić information content (AvgIpc) is 2.34. The molecule has 0 aromatic heterocycles. The van der Waals surface area contributed by atoms with Gasteiger partial charge in [-0.15, -0.1) is 0 Å². The first kappa shape index (κ1) is 18.1. The van der Waals surface area contributed by atoms with Crippen molar-refractivity contribution in [3.63, 3.8) is 0 Å². The van der Waals surface area contributed by atoms with Gasteiger partial charge in [0.05, 0.1) is 6.10 Å². The van der Waals surface area contributed by atoms with Crippen LogP contribution >= 0.6 is 0 Å². The summed E-state index contributed by atoms with van der Waals surface area (Å²) in [6.07, 6.45) is 3.96. The van der Waals surface area contributed by atoms with Crippen molar-refractivity contribution in [3.05, 3.63) is 0 Å². The third-order valence-electron chi connectivity index (χ3n) is 4.72. The molecule has 0 aliphatic heterocycles. The first-order valence-corrected chi connectivity index (χ1v) is 9.67. The lowest BCUT2D eigenvalue weighted by atomic mass is 9.75. The third-order valence-corrected chi connectivity index (χ3v) is 8.25. The van der Waals surface area contributed by atoms with Gasteiger partial charge in [0, 0.05) is 19.3 Å². The Hall–Kier alpha value is 0.0969. The molecule has 0 bridgehead atoms. The second kappa shape index (κ2) is 6.90. The molecular formula is C16H34O3Si. The molecule has 20 heavy (non-hydrogen) atoms. The van der Waals surface area contributed by atoms with Crippen molar-refractivity contribution in [3.8, 4) is 0 Å². The fraction of sp³-hybridized carbons (Fsp3) is 1.00. The fourth-order valence-electron chi connectivity index (χ4n) is 3.42. The minimum absolute atomic E-state index is 0.0985. The standard InChI is InChI=1S/C16H34O3Si/c1-12(2)14-10-9-13(3)11-15(14)19-20(17-7,18-8)16(4,5)6/h12-15H,9-11H2,1-8H3. The molecule has 0 aromatic carbocycles. The van der Waals surface area contributed by atoms with Crippen molar-refractivity contribution in [2.45, 2.75) is 71.9 Å². The summed E-state index contributed by atoms with van der Waals surface area (Å²) >= 11 is 0. The Balaban J connectivity index is 2.94. The van der Waals surface area contributed by atoms with Crippen LogP contribution < -0.4 is 0 Å². The lowest BCUT2D eigenvalue weighted by Crippen LogP contribution is -2.56. The maximum Gasteiger partial charge on any atom is 0.506 e.